The number of piperazine rings is 1. The van der Waals surface area contributed by atoms with Gasteiger partial charge in [0.05, 0.1) is 6.21 Å². The van der Waals surface area contributed by atoms with Crippen LogP contribution in [-0.4, -0.2) is 68.0 Å². The Balaban J connectivity index is 0.000000136. The molecule has 3 rings (SSSR count). The number of nitrogens with one attached hydrogen (secondary N) is 1. The van der Waals surface area contributed by atoms with Gasteiger partial charge in [-0.15, -0.1) is 5.10 Å². The van der Waals surface area contributed by atoms with E-state index in [0.29, 0.717) is 5.71 Å². The van der Waals surface area contributed by atoms with Gasteiger partial charge in [0.1, 0.15) is 12.1 Å². The van der Waals surface area contributed by atoms with Crippen molar-refractivity contribution in [1.29, 1.82) is 0 Å². The minimum atomic E-state index is -0.373. The van der Waals surface area contributed by atoms with Gasteiger partial charge >= 0.3 is 5.91 Å². The first kappa shape index (κ1) is 11.7. The zero-order valence-corrected chi connectivity index (χ0v) is 9.63. The summed E-state index contributed by atoms with van der Waals surface area (Å²) in [5.41, 5.74) is 0.738. The van der Waals surface area contributed by atoms with E-state index in [1.165, 1.54) is 25.6 Å². The van der Waals surface area contributed by atoms with Crippen LogP contribution in [-0.2, 0) is 4.79 Å². The van der Waals surface area contributed by atoms with Gasteiger partial charge in [0.2, 0.25) is 0 Å². The van der Waals surface area contributed by atoms with E-state index >= 15 is 0 Å². The van der Waals surface area contributed by atoms with E-state index in [1.54, 1.807) is 0 Å². The molecule has 3 aliphatic heterocycles. The van der Waals surface area contributed by atoms with Crippen molar-refractivity contribution in [2.24, 2.45) is 20.2 Å². The molecule has 0 aromatic heterocycles. The van der Waals surface area contributed by atoms with Gasteiger partial charge in [-0.05, 0) is 7.05 Å². The fourth-order valence-electron chi connectivity index (χ4n) is 1.48. The molecule has 1 N–H and O–H groups in total. The predicted molar refractivity (Wildman–Crippen MR) is 67.2 cm³/mol. The number of amides is 1. The van der Waals surface area contributed by atoms with Crippen molar-refractivity contribution < 1.29 is 4.79 Å². The van der Waals surface area contributed by atoms with E-state index in [4.69, 9.17) is 0 Å². The quantitative estimate of drug-likeness (QED) is 0.581. The van der Waals surface area contributed by atoms with Crippen LogP contribution in [0.2, 0.25) is 0 Å². The highest BCUT2D eigenvalue weighted by atomic mass is 16.1. The van der Waals surface area contributed by atoms with Gasteiger partial charge in [0.25, 0.3) is 0 Å². The molecule has 7 heteroatoms. The highest BCUT2D eigenvalue weighted by Crippen LogP contribution is 1.99. The molecule has 0 unspecified atom stereocenters. The molecule has 0 aromatic carbocycles. The summed E-state index contributed by atoms with van der Waals surface area (Å²) in [6, 6.07) is 0. The topological polar surface area (TPSA) is 81.8 Å². The van der Waals surface area contributed by atoms with E-state index in [9.17, 15) is 4.79 Å². The Morgan fingerprint density at radius 2 is 2.12 bits per heavy atom. The molecular weight excluding hydrogens is 220 g/mol. The third-order valence-electron chi connectivity index (χ3n) is 2.50. The number of likely N-dealkylation sites (N-methyl/N-ethyl adjacent to an activating group) is 1. The number of rotatable bonds is 0. The van der Waals surface area contributed by atoms with Gasteiger partial charge < -0.3 is 10.2 Å². The summed E-state index contributed by atoms with van der Waals surface area (Å²) in [4.78, 5) is 20.3. The summed E-state index contributed by atoms with van der Waals surface area (Å²) < 4.78 is 0. The lowest BCUT2D eigenvalue weighted by molar-refractivity contribution is -0.111. The van der Waals surface area contributed by atoms with Crippen LogP contribution in [0, 0.1) is 0 Å². The molecule has 3 aliphatic rings. The van der Waals surface area contributed by atoms with Crippen molar-refractivity contribution in [2.75, 3.05) is 33.2 Å². The van der Waals surface area contributed by atoms with Crippen LogP contribution in [0.5, 0.6) is 0 Å². The SMILES string of the molecule is CN1CCNCC1.O=C1N=CN=C2C=NN=C12. The minimum absolute atomic E-state index is 0.238. The van der Waals surface area contributed by atoms with Crippen molar-refractivity contribution in [1.82, 2.24) is 10.2 Å². The standard InChI is InChI=1S/C5H2N4O.C5H12N2/c10-5-4-3(1-8-9-4)6-2-7-5;1-7-4-2-6-3-5-7/h1-2H;6H,2-5H2,1H3. The van der Waals surface area contributed by atoms with Crippen molar-refractivity contribution >= 4 is 29.9 Å². The number of aliphatic imine (C=N–C) groups is 2. The molecule has 0 atom stereocenters. The van der Waals surface area contributed by atoms with Crippen LogP contribution >= 0.6 is 0 Å². The van der Waals surface area contributed by atoms with Crippen molar-refractivity contribution in [3.63, 3.8) is 0 Å². The van der Waals surface area contributed by atoms with Crippen LogP contribution in [0.1, 0.15) is 0 Å². The molecule has 0 aliphatic carbocycles. The summed E-state index contributed by atoms with van der Waals surface area (Å²) >= 11 is 0. The Hall–Kier alpha value is -1.73. The Morgan fingerprint density at radius 1 is 1.35 bits per heavy atom. The average molecular weight is 234 g/mol. The molecular formula is C10H14N6O. The molecule has 90 valence electrons. The van der Waals surface area contributed by atoms with Crippen LogP contribution in [0.15, 0.2) is 20.2 Å². The fourth-order valence-corrected chi connectivity index (χ4v) is 1.48. The second-order valence-corrected chi connectivity index (χ2v) is 3.81. The highest BCUT2D eigenvalue weighted by molar-refractivity contribution is 6.80. The Labute approximate surface area is 99.0 Å². The maximum atomic E-state index is 10.8. The zero-order valence-electron chi connectivity index (χ0n) is 9.63. The second-order valence-electron chi connectivity index (χ2n) is 3.81. The molecule has 0 bridgehead atoms. The molecule has 0 spiro atoms. The van der Waals surface area contributed by atoms with Gasteiger partial charge in [0.15, 0.2) is 5.71 Å². The number of nitrogens with zero attached hydrogens (tertiary/aromatic N) is 5. The third kappa shape index (κ3) is 3.11. The van der Waals surface area contributed by atoms with E-state index < -0.39 is 0 Å². The van der Waals surface area contributed by atoms with Crippen molar-refractivity contribution in [3.05, 3.63) is 0 Å². The van der Waals surface area contributed by atoms with E-state index in [2.05, 4.69) is 37.5 Å². The van der Waals surface area contributed by atoms with Gasteiger partial charge in [0, 0.05) is 26.2 Å². The Bertz CT molecular complexity index is 411. The summed E-state index contributed by atoms with van der Waals surface area (Å²) in [5.74, 6) is -0.373. The van der Waals surface area contributed by atoms with Gasteiger partial charge in [-0.2, -0.15) is 10.1 Å². The predicted octanol–water partition coefficient (Wildman–Crippen LogP) is -1.04. The van der Waals surface area contributed by atoms with Crippen molar-refractivity contribution in [2.45, 2.75) is 0 Å². The molecule has 1 fully saturated rings. The lowest BCUT2D eigenvalue weighted by Gasteiger charge is -2.21. The van der Waals surface area contributed by atoms with Crippen LogP contribution in [0.25, 0.3) is 0 Å². The van der Waals surface area contributed by atoms with Gasteiger partial charge in [-0.3, -0.25) is 4.79 Å². The average Bonchev–Trinajstić information content (AvgIpc) is 2.80. The van der Waals surface area contributed by atoms with Gasteiger partial charge in [-0.1, -0.05) is 0 Å². The number of carbonyl (C=O) groups is 1. The van der Waals surface area contributed by atoms with E-state index in [0.717, 1.165) is 13.1 Å². The number of carbonyl (C=O) groups excluding carboxylic acids is 1. The normalized spacial score (nSPS) is 22.5. The molecule has 0 radical (unpaired) electrons. The van der Waals surface area contributed by atoms with E-state index in [-0.39, 0.29) is 11.6 Å². The number of hydrogen-bond donors (Lipinski definition) is 1. The maximum Gasteiger partial charge on any atom is 0.301 e. The van der Waals surface area contributed by atoms with E-state index in [1.807, 2.05) is 0 Å². The lowest BCUT2D eigenvalue weighted by atomic mass is 10.2. The summed E-state index contributed by atoms with van der Waals surface area (Å²) in [6.07, 6.45) is 2.63. The van der Waals surface area contributed by atoms with Crippen LogP contribution < -0.4 is 5.32 Å². The first-order valence-corrected chi connectivity index (χ1v) is 5.42. The number of fused-ring (bicyclic) bond motifs is 1. The Morgan fingerprint density at radius 3 is 2.71 bits per heavy atom. The summed E-state index contributed by atoms with van der Waals surface area (Å²) in [7, 11) is 2.15. The summed E-state index contributed by atoms with van der Waals surface area (Å²) in [6.45, 7) is 4.74. The highest BCUT2D eigenvalue weighted by Gasteiger charge is 2.21. The minimum Gasteiger partial charge on any atom is -0.314 e. The van der Waals surface area contributed by atoms with Crippen LogP contribution in [0.4, 0.5) is 0 Å². The second kappa shape index (κ2) is 5.55. The first-order chi connectivity index (χ1) is 8.27. The zero-order chi connectivity index (χ0) is 12.1. The van der Waals surface area contributed by atoms with Gasteiger partial charge in [-0.25, -0.2) is 4.99 Å². The number of hydrogen-bond acceptors (Lipinski definition) is 6. The largest absolute Gasteiger partial charge is 0.314 e. The smallest absolute Gasteiger partial charge is 0.301 e. The molecule has 17 heavy (non-hydrogen) atoms. The summed E-state index contributed by atoms with van der Waals surface area (Å²) in [5, 5.41) is 10.3. The third-order valence-corrected chi connectivity index (χ3v) is 2.50. The van der Waals surface area contributed by atoms with Crippen molar-refractivity contribution in [3.8, 4) is 0 Å². The molecule has 0 saturated carbocycles. The monoisotopic (exact) mass is 234 g/mol. The molecule has 7 nitrogen and oxygen atoms in total. The Kier molecular flexibility index (Phi) is 3.84. The molecule has 3 heterocycles. The molecule has 1 amide bonds. The molecule has 0 aromatic rings. The van der Waals surface area contributed by atoms with Crippen LogP contribution in [0.3, 0.4) is 0 Å². The maximum absolute atomic E-state index is 10.8. The lowest BCUT2D eigenvalue weighted by Crippen LogP contribution is -2.40. The fraction of sp³-hybridized carbons (Fsp3) is 0.500. The first-order valence-electron chi connectivity index (χ1n) is 5.42. The molecule has 1 saturated heterocycles.